The first-order chi connectivity index (χ1) is 7.05. The summed E-state index contributed by atoms with van der Waals surface area (Å²) in [5, 5.41) is 3.59. The van der Waals surface area contributed by atoms with Gasteiger partial charge in [0.1, 0.15) is 0 Å². The molecule has 0 heterocycles. The summed E-state index contributed by atoms with van der Waals surface area (Å²) in [5.74, 6) is 0. The molecule has 0 aliphatic heterocycles. The van der Waals surface area contributed by atoms with E-state index in [9.17, 15) is 0 Å². The van der Waals surface area contributed by atoms with Gasteiger partial charge in [-0.1, -0.05) is 47.5 Å². The van der Waals surface area contributed by atoms with Crippen LogP contribution in [0.25, 0.3) is 0 Å². The Morgan fingerprint density at radius 2 is 1.93 bits per heavy atom. The van der Waals surface area contributed by atoms with Gasteiger partial charge in [-0.25, -0.2) is 0 Å². The Balaban J connectivity index is 2.53. The molecular formula is C13H20BrN. The van der Waals surface area contributed by atoms with Crippen molar-refractivity contribution in [1.29, 1.82) is 0 Å². The lowest BCUT2D eigenvalue weighted by molar-refractivity contribution is 0.356. The van der Waals surface area contributed by atoms with Gasteiger partial charge in [0, 0.05) is 16.6 Å². The number of rotatable bonds is 5. The topological polar surface area (TPSA) is 12.0 Å². The summed E-state index contributed by atoms with van der Waals surface area (Å²) in [5.41, 5.74) is 1.55. The van der Waals surface area contributed by atoms with Gasteiger partial charge in [0.05, 0.1) is 0 Å². The van der Waals surface area contributed by atoms with E-state index in [1.54, 1.807) is 0 Å². The SMILES string of the molecule is CCCC(C)(C)NCc1ccccc1Br. The van der Waals surface area contributed by atoms with Gasteiger partial charge in [-0.05, 0) is 31.9 Å². The van der Waals surface area contributed by atoms with Gasteiger partial charge in [-0.15, -0.1) is 0 Å². The lowest BCUT2D eigenvalue weighted by atomic mass is 9.98. The van der Waals surface area contributed by atoms with Crippen LogP contribution in [-0.2, 0) is 6.54 Å². The van der Waals surface area contributed by atoms with Gasteiger partial charge >= 0.3 is 0 Å². The van der Waals surface area contributed by atoms with Gasteiger partial charge in [-0.3, -0.25) is 0 Å². The number of nitrogens with one attached hydrogen (secondary N) is 1. The molecule has 1 rings (SSSR count). The molecule has 0 atom stereocenters. The van der Waals surface area contributed by atoms with E-state index >= 15 is 0 Å². The van der Waals surface area contributed by atoms with E-state index in [-0.39, 0.29) is 5.54 Å². The van der Waals surface area contributed by atoms with Crippen molar-refractivity contribution in [3.63, 3.8) is 0 Å². The van der Waals surface area contributed by atoms with Gasteiger partial charge in [0.25, 0.3) is 0 Å². The lowest BCUT2D eigenvalue weighted by Gasteiger charge is -2.26. The lowest BCUT2D eigenvalue weighted by Crippen LogP contribution is -2.38. The Bertz CT molecular complexity index is 307. The standard InChI is InChI=1S/C13H20BrN/c1-4-9-13(2,3)15-10-11-7-5-6-8-12(11)14/h5-8,15H,4,9-10H2,1-3H3. The van der Waals surface area contributed by atoms with Crippen molar-refractivity contribution in [2.45, 2.75) is 45.7 Å². The predicted molar refractivity (Wildman–Crippen MR) is 70.0 cm³/mol. The molecule has 2 heteroatoms. The Morgan fingerprint density at radius 1 is 1.27 bits per heavy atom. The fraction of sp³-hybridized carbons (Fsp3) is 0.538. The van der Waals surface area contributed by atoms with Crippen molar-refractivity contribution >= 4 is 15.9 Å². The second-order valence-corrected chi connectivity index (χ2v) is 5.43. The van der Waals surface area contributed by atoms with Crippen molar-refractivity contribution in [2.75, 3.05) is 0 Å². The molecule has 0 bridgehead atoms. The molecule has 0 saturated heterocycles. The van der Waals surface area contributed by atoms with Crippen LogP contribution in [0.1, 0.15) is 39.2 Å². The summed E-state index contributed by atoms with van der Waals surface area (Å²) in [6, 6.07) is 8.36. The highest BCUT2D eigenvalue weighted by molar-refractivity contribution is 9.10. The summed E-state index contributed by atoms with van der Waals surface area (Å²) in [4.78, 5) is 0. The van der Waals surface area contributed by atoms with E-state index in [2.05, 4.69) is 60.2 Å². The first-order valence-corrected chi connectivity index (χ1v) is 6.33. The summed E-state index contributed by atoms with van der Waals surface area (Å²) in [6.45, 7) is 7.66. The first kappa shape index (κ1) is 12.7. The molecule has 1 nitrogen and oxygen atoms in total. The second kappa shape index (κ2) is 5.66. The average molecular weight is 270 g/mol. The van der Waals surface area contributed by atoms with Gasteiger partial charge in [0.2, 0.25) is 0 Å². The fourth-order valence-electron chi connectivity index (χ4n) is 1.69. The molecule has 1 aromatic carbocycles. The Labute approximate surface area is 101 Å². The van der Waals surface area contributed by atoms with Gasteiger partial charge in [-0.2, -0.15) is 0 Å². The second-order valence-electron chi connectivity index (χ2n) is 4.58. The number of hydrogen-bond donors (Lipinski definition) is 1. The molecule has 0 aliphatic carbocycles. The molecule has 0 amide bonds. The van der Waals surface area contributed by atoms with Gasteiger partial charge < -0.3 is 5.32 Å². The van der Waals surface area contributed by atoms with Crippen molar-refractivity contribution in [3.8, 4) is 0 Å². The van der Waals surface area contributed by atoms with Crippen LogP contribution in [0.15, 0.2) is 28.7 Å². The molecule has 0 saturated carbocycles. The molecule has 15 heavy (non-hydrogen) atoms. The molecule has 0 spiro atoms. The van der Waals surface area contributed by atoms with E-state index in [1.165, 1.54) is 22.9 Å². The molecule has 0 aliphatic rings. The smallest absolute Gasteiger partial charge is 0.0221 e. The molecule has 0 aromatic heterocycles. The van der Waals surface area contributed by atoms with Gasteiger partial charge in [0.15, 0.2) is 0 Å². The highest BCUT2D eigenvalue weighted by Gasteiger charge is 2.15. The summed E-state index contributed by atoms with van der Waals surface area (Å²) in [6.07, 6.45) is 2.42. The zero-order chi connectivity index (χ0) is 11.3. The monoisotopic (exact) mass is 269 g/mol. The molecule has 0 radical (unpaired) electrons. The minimum Gasteiger partial charge on any atom is -0.308 e. The number of halogens is 1. The van der Waals surface area contributed by atoms with Crippen LogP contribution in [0.2, 0.25) is 0 Å². The molecule has 0 unspecified atom stereocenters. The third kappa shape index (κ3) is 4.35. The Kier molecular flexibility index (Phi) is 4.81. The molecule has 1 N–H and O–H groups in total. The Morgan fingerprint density at radius 3 is 2.53 bits per heavy atom. The third-order valence-electron chi connectivity index (χ3n) is 2.59. The first-order valence-electron chi connectivity index (χ1n) is 5.53. The third-order valence-corrected chi connectivity index (χ3v) is 3.36. The van der Waals surface area contributed by atoms with E-state index < -0.39 is 0 Å². The van der Waals surface area contributed by atoms with Crippen LogP contribution < -0.4 is 5.32 Å². The minimum atomic E-state index is 0.226. The van der Waals surface area contributed by atoms with Crippen LogP contribution >= 0.6 is 15.9 Å². The van der Waals surface area contributed by atoms with E-state index in [4.69, 9.17) is 0 Å². The summed E-state index contributed by atoms with van der Waals surface area (Å²) in [7, 11) is 0. The summed E-state index contributed by atoms with van der Waals surface area (Å²) < 4.78 is 1.18. The van der Waals surface area contributed by atoms with E-state index in [0.717, 1.165) is 6.54 Å². The zero-order valence-corrected chi connectivity index (χ0v) is 11.4. The zero-order valence-electron chi connectivity index (χ0n) is 9.81. The largest absolute Gasteiger partial charge is 0.308 e. The molecule has 1 aromatic rings. The number of benzene rings is 1. The normalized spacial score (nSPS) is 11.7. The van der Waals surface area contributed by atoms with E-state index in [1.807, 2.05) is 6.07 Å². The van der Waals surface area contributed by atoms with Crippen molar-refractivity contribution < 1.29 is 0 Å². The minimum absolute atomic E-state index is 0.226. The van der Waals surface area contributed by atoms with Crippen LogP contribution in [-0.4, -0.2) is 5.54 Å². The maximum atomic E-state index is 3.59. The van der Waals surface area contributed by atoms with Crippen molar-refractivity contribution in [1.82, 2.24) is 5.32 Å². The van der Waals surface area contributed by atoms with Crippen LogP contribution in [0.3, 0.4) is 0 Å². The van der Waals surface area contributed by atoms with Crippen molar-refractivity contribution in [2.24, 2.45) is 0 Å². The number of hydrogen-bond acceptors (Lipinski definition) is 1. The van der Waals surface area contributed by atoms with Crippen LogP contribution in [0.5, 0.6) is 0 Å². The van der Waals surface area contributed by atoms with Crippen LogP contribution in [0.4, 0.5) is 0 Å². The summed E-state index contributed by atoms with van der Waals surface area (Å²) >= 11 is 3.56. The molecular weight excluding hydrogens is 250 g/mol. The highest BCUT2D eigenvalue weighted by Crippen LogP contribution is 2.18. The average Bonchev–Trinajstić information content (AvgIpc) is 2.16. The van der Waals surface area contributed by atoms with Crippen LogP contribution in [0, 0.1) is 0 Å². The maximum Gasteiger partial charge on any atom is 0.0221 e. The Hall–Kier alpha value is -0.340. The van der Waals surface area contributed by atoms with E-state index in [0.29, 0.717) is 0 Å². The highest BCUT2D eigenvalue weighted by atomic mass is 79.9. The quantitative estimate of drug-likeness (QED) is 0.848. The molecule has 84 valence electrons. The van der Waals surface area contributed by atoms with Crippen molar-refractivity contribution in [3.05, 3.63) is 34.3 Å². The predicted octanol–water partition coefficient (Wildman–Crippen LogP) is 4.12. The molecule has 0 fully saturated rings. The maximum absolute atomic E-state index is 3.59. The fourth-order valence-corrected chi connectivity index (χ4v) is 2.11.